The average Bonchev–Trinajstić information content (AvgIpc) is 2.43. The van der Waals surface area contributed by atoms with Crippen molar-refractivity contribution in [2.75, 3.05) is 6.54 Å². The lowest BCUT2D eigenvalue weighted by Crippen LogP contribution is -2.50. The molecule has 1 rings (SSSR count). The van der Waals surface area contributed by atoms with E-state index in [0.717, 1.165) is 18.9 Å². The molecule has 0 heterocycles. The van der Waals surface area contributed by atoms with E-state index in [9.17, 15) is 4.79 Å². The molecule has 118 valence electrons. The van der Waals surface area contributed by atoms with Gasteiger partial charge in [-0.2, -0.15) is 0 Å². The van der Waals surface area contributed by atoms with Crippen LogP contribution in [-0.4, -0.2) is 24.5 Å². The maximum atomic E-state index is 12.1. The summed E-state index contributed by atoms with van der Waals surface area (Å²) in [5.41, 5.74) is 0. The molecule has 1 saturated carbocycles. The Balaban J connectivity index is 2.35. The maximum Gasteiger partial charge on any atom is 0.236 e. The van der Waals surface area contributed by atoms with Crippen LogP contribution in [0.25, 0.3) is 0 Å². The van der Waals surface area contributed by atoms with Crippen LogP contribution in [-0.2, 0) is 4.79 Å². The third-order valence-corrected chi connectivity index (χ3v) is 4.61. The number of carbonyl (C=O) groups is 1. The Hall–Kier alpha value is -0.570. The molecule has 0 bridgehead atoms. The largest absolute Gasteiger partial charge is 0.355 e. The first-order valence-corrected chi connectivity index (χ1v) is 8.60. The van der Waals surface area contributed by atoms with Crippen LogP contribution in [0.2, 0.25) is 0 Å². The van der Waals surface area contributed by atoms with Crippen molar-refractivity contribution in [3.05, 3.63) is 0 Å². The topological polar surface area (TPSA) is 41.1 Å². The first-order valence-electron chi connectivity index (χ1n) is 8.60. The van der Waals surface area contributed by atoms with Gasteiger partial charge in [0.2, 0.25) is 5.91 Å². The molecule has 20 heavy (non-hydrogen) atoms. The highest BCUT2D eigenvalue weighted by atomic mass is 16.2. The zero-order chi connectivity index (χ0) is 15.0. The molecule has 0 saturated heterocycles. The normalized spacial score (nSPS) is 24.6. The number of unbranched alkanes of at least 4 members (excludes halogenated alkanes) is 2. The van der Waals surface area contributed by atoms with Crippen molar-refractivity contribution >= 4 is 5.91 Å². The number of carbonyl (C=O) groups excluding carboxylic acids is 1. The van der Waals surface area contributed by atoms with Gasteiger partial charge in [0, 0.05) is 12.6 Å². The third kappa shape index (κ3) is 5.82. The van der Waals surface area contributed by atoms with Crippen LogP contribution < -0.4 is 10.6 Å². The summed E-state index contributed by atoms with van der Waals surface area (Å²) in [6, 6.07) is 0.445. The number of nitrogens with one attached hydrogen (secondary N) is 2. The van der Waals surface area contributed by atoms with Gasteiger partial charge in [-0.25, -0.2) is 0 Å². The van der Waals surface area contributed by atoms with Crippen LogP contribution in [0.15, 0.2) is 0 Å². The van der Waals surface area contributed by atoms with Gasteiger partial charge in [-0.1, -0.05) is 46.5 Å². The molecule has 1 amide bonds. The van der Waals surface area contributed by atoms with Crippen LogP contribution in [0.1, 0.15) is 72.6 Å². The van der Waals surface area contributed by atoms with E-state index >= 15 is 0 Å². The molecule has 1 aliphatic rings. The van der Waals surface area contributed by atoms with Crippen LogP contribution in [0, 0.1) is 11.8 Å². The van der Waals surface area contributed by atoms with Crippen LogP contribution >= 0.6 is 0 Å². The van der Waals surface area contributed by atoms with Crippen molar-refractivity contribution in [2.45, 2.75) is 84.7 Å². The number of rotatable bonds is 8. The fraction of sp³-hybridized carbons (Fsp3) is 0.941. The zero-order valence-corrected chi connectivity index (χ0v) is 13.9. The predicted octanol–water partition coefficient (Wildman–Crippen LogP) is 3.49. The molecule has 3 atom stereocenters. The van der Waals surface area contributed by atoms with E-state index in [0.29, 0.717) is 12.0 Å². The van der Waals surface area contributed by atoms with Gasteiger partial charge >= 0.3 is 0 Å². The van der Waals surface area contributed by atoms with Gasteiger partial charge in [0.25, 0.3) is 0 Å². The quantitative estimate of drug-likeness (QED) is 0.669. The van der Waals surface area contributed by atoms with Crippen molar-refractivity contribution in [2.24, 2.45) is 11.8 Å². The summed E-state index contributed by atoms with van der Waals surface area (Å²) in [5.74, 6) is 1.58. The molecule has 0 aromatic heterocycles. The zero-order valence-electron chi connectivity index (χ0n) is 13.9. The van der Waals surface area contributed by atoms with Crippen LogP contribution in [0.3, 0.4) is 0 Å². The highest BCUT2D eigenvalue weighted by Gasteiger charge is 2.29. The second-order valence-electron chi connectivity index (χ2n) is 6.69. The Kier molecular flexibility index (Phi) is 8.20. The highest BCUT2D eigenvalue weighted by Crippen LogP contribution is 2.30. The van der Waals surface area contributed by atoms with Gasteiger partial charge in [-0.15, -0.1) is 0 Å². The Morgan fingerprint density at radius 2 is 1.85 bits per heavy atom. The van der Waals surface area contributed by atoms with E-state index in [1.165, 1.54) is 38.5 Å². The lowest BCUT2D eigenvalue weighted by Gasteiger charge is -2.36. The lowest BCUT2D eigenvalue weighted by molar-refractivity contribution is -0.123. The van der Waals surface area contributed by atoms with E-state index in [-0.39, 0.29) is 11.9 Å². The van der Waals surface area contributed by atoms with E-state index < -0.39 is 0 Å². The molecule has 1 fully saturated rings. The summed E-state index contributed by atoms with van der Waals surface area (Å²) < 4.78 is 0. The van der Waals surface area contributed by atoms with Crippen molar-refractivity contribution < 1.29 is 4.79 Å². The van der Waals surface area contributed by atoms with Crippen molar-refractivity contribution in [1.29, 1.82) is 0 Å². The fourth-order valence-corrected chi connectivity index (χ4v) is 3.30. The SMILES string of the molecule is CCCCCNC(=O)C(C)NC1CCCCC1C(C)C. The average molecular weight is 282 g/mol. The van der Waals surface area contributed by atoms with E-state index in [2.05, 4.69) is 31.4 Å². The summed E-state index contributed by atoms with van der Waals surface area (Å²) in [7, 11) is 0. The molecule has 1 aliphatic carbocycles. The predicted molar refractivity (Wildman–Crippen MR) is 85.7 cm³/mol. The second kappa shape index (κ2) is 9.38. The summed E-state index contributed by atoms with van der Waals surface area (Å²) in [5, 5.41) is 6.63. The molecule has 0 aliphatic heterocycles. The first-order chi connectivity index (χ1) is 9.56. The van der Waals surface area contributed by atoms with Gasteiger partial charge in [0.05, 0.1) is 6.04 Å². The van der Waals surface area contributed by atoms with E-state index in [4.69, 9.17) is 0 Å². The van der Waals surface area contributed by atoms with E-state index in [1.807, 2.05) is 6.92 Å². The van der Waals surface area contributed by atoms with Crippen LogP contribution in [0.5, 0.6) is 0 Å². The Bertz CT molecular complexity index is 278. The van der Waals surface area contributed by atoms with Gasteiger partial charge in [-0.05, 0) is 38.0 Å². The fourth-order valence-electron chi connectivity index (χ4n) is 3.30. The molecular weight excluding hydrogens is 248 g/mol. The molecule has 3 nitrogen and oxygen atoms in total. The van der Waals surface area contributed by atoms with Crippen molar-refractivity contribution in [3.8, 4) is 0 Å². The van der Waals surface area contributed by atoms with Crippen molar-refractivity contribution in [1.82, 2.24) is 10.6 Å². The highest BCUT2D eigenvalue weighted by molar-refractivity contribution is 5.81. The molecular formula is C17H34N2O. The Morgan fingerprint density at radius 3 is 2.50 bits per heavy atom. The minimum atomic E-state index is -0.0685. The first kappa shape index (κ1) is 17.5. The smallest absolute Gasteiger partial charge is 0.236 e. The van der Waals surface area contributed by atoms with Crippen LogP contribution in [0.4, 0.5) is 0 Å². The minimum Gasteiger partial charge on any atom is -0.355 e. The minimum absolute atomic E-state index is 0.0685. The lowest BCUT2D eigenvalue weighted by atomic mass is 9.77. The summed E-state index contributed by atoms with van der Waals surface area (Å²) in [6.45, 7) is 9.61. The number of amides is 1. The summed E-state index contributed by atoms with van der Waals surface area (Å²) in [6.07, 6.45) is 8.65. The molecule has 0 radical (unpaired) electrons. The monoisotopic (exact) mass is 282 g/mol. The molecule has 3 unspecified atom stereocenters. The van der Waals surface area contributed by atoms with Crippen molar-refractivity contribution in [3.63, 3.8) is 0 Å². The Labute approximate surface area is 125 Å². The standard InChI is InChI=1S/C17H34N2O/c1-5-6-9-12-18-17(20)14(4)19-16-11-8-7-10-15(16)13(2)3/h13-16,19H,5-12H2,1-4H3,(H,18,20). The van der Waals surface area contributed by atoms with Gasteiger partial charge in [0.15, 0.2) is 0 Å². The Morgan fingerprint density at radius 1 is 1.15 bits per heavy atom. The molecule has 0 aromatic carbocycles. The van der Waals surface area contributed by atoms with Gasteiger partial charge in [0.1, 0.15) is 0 Å². The summed E-state index contributed by atoms with van der Waals surface area (Å²) in [4.78, 5) is 12.1. The molecule has 3 heteroatoms. The number of hydrogen-bond donors (Lipinski definition) is 2. The number of hydrogen-bond acceptors (Lipinski definition) is 2. The molecule has 0 spiro atoms. The maximum absolute atomic E-state index is 12.1. The second-order valence-corrected chi connectivity index (χ2v) is 6.69. The summed E-state index contributed by atoms with van der Waals surface area (Å²) >= 11 is 0. The molecule has 0 aromatic rings. The van der Waals surface area contributed by atoms with E-state index in [1.54, 1.807) is 0 Å². The molecule has 2 N–H and O–H groups in total. The van der Waals surface area contributed by atoms with Gasteiger partial charge in [-0.3, -0.25) is 4.79 Å². The third-order valence-electron chi connectivity index (χ3n) is 4.61. The van der Waals surface area contributed by atoms with Gasteiger partial charge < -0.3 is 10.6 Å².